The second-order valence-corrected chi connectivity index (χ2v) is 19.0. The molecule has 0 bridgehead atoms. The Labute approximate surface area is 432 Å². The van der Waals surface area contributed by atoms with Crippen molar-refractivity contribution in [1.82, 2.24) is 0 Å². The van der Waals surface area contributed by atoms with E-state index in [0.717, 1.165) is 79.7 Å². The predicted octanol–water partition coefficient (Wildman–Crippen LogP) is 13.3. The average molecular weight is 949 g/mol. The monoisotopic (exact) mass is 948 g/mol. The summed E-state index contributed by atoms with van der Waals surface area (Å²) < 4.78 is 13.6. The van der Waals surface area contributed by atoms with Gasteiger partial charge in [0, 0.05) is 92.5 Å². The Hall–Kier alpha value is -9.65. The Bertz CT molecular complexity index is 3870. The average Bonchev–Trinajstić information content (AvgIpc) is 3.45. The van der Waals surface area contributed by atoms with Crippen molar-refractivity contribution in [3.05, 3.63) is 274 Å². The molecular formula is C66H46B2N4O2. The van der Waals surface area contributed by atoms with E-state index in [-0.39, 0.29) is 13.4 Å². The molecule has 0 N–H and O–H groups in total. The molecule has 4 aliphatic heterocycles. The molecule has 10 aromatic rings. The molecule has 4 aliphatic rings. The number of nitrogens with zero attached hydrogens (tertiary/aromatic N) is 4. The lowest BCUT2D eigenvalue weighted by Crippen LogP contribution is -2.65. The van der Waals surface area contributed by atoms with E-state index in [9.17, 15) is 0 Å². The van der Waals surface area contributed by atoms with Gasteiger partial charge >= 0.3 is 0 Å². The Balaban J connectivity index is 1.09. The lowest BCUT2D eigenvalue weighted by atomic mass is 9.30. The van der Waals surface area contributed by atoms with Crippen molar-refractivity contribution in [3.8, 4) is 17.2 Å². The fourth-order valence-corrected chi connectivity index (χ4v) is 11.9. The van der Waals surface area contributed by atoms with Gasteiger partial charge in [0.1, 0.15) is 23.0 Å². The third kappa shape index (κ3) is 6.91. The maximum absolute atomic E-state index is 6.88. The number of anilines is 12. The van der Waals surface area contributed by atoms with E-state index in [2.05, 4.69) is 239 Å². The van der Waals surface area contributed by atoms with Gasteiger partial charge in [0.2, 0.25) is 0 Å². The summed E-state index contributed by atoms with van der Waals surface area (Å²) in [6.07, 6.45) is 5.43. The van der Waals surface area contributed by atoms with Crippen LogP contribution in [-0.4, -0.2) is 13.4 Å². The SMILES string of the molecule is C=C/C=C\C(=C)Oc1cc2c3c(c1)N(c1ccccc1)c1cc4c(cc1B3c1ccccc1N2c1ccccc1)B1c2ccccc2N(c2ccccc2)c2cc(Oc3ccccc3)cc(c21)N4c1ccccc1. The van der Waals surface area contributed by atoms with Crippen molar-refractivity contribution in [2.24, 2.45) is 0 Å². The van der Waals surface area contributed by atoms with Gasteiger partial charge in [0.05, 0.1) is 0 Å². The van der Waals surface area contributed by atoms with Crippen LogP contribution in [0.1, 0.15) is 0 Å². The van der Waals surface area contributed by atoms with E-state index >= 15 is 0 Å². The molecule has 0 aromatic heterocycles. The van der Waals surface area contributed by atoms with E-state index < -0.39 is 0 Å². The maximum atomic E-state index is 6.88. The van der Waals surface area contributed by atoms with Gasteiger partial charge in [-0.3, -0.25) is 0 Å². The van der Waals surface area contributed by atoms with Crippen LogP contribution in [0.4, 0.5) is 68.2 Å². The standard InChI is InChI=1S/C66H46B2N4O2/c1-3-4-24-45(2)73-51-39-61-65-63(40-51)71(48-29-14-7-15-30-48)59-44-60-56(43-55(59)67(65)53-35-20-22-37-57(53)69(61)46-25-10-5-11-26-46)68-54-36-21-23-38-58(54)70(47-27-12-6-13-28-47)62-41-52(74-50-33-18-9-19-34-50)42-64(66(62)68)72(60)49-31-16-8-17-32-49/h3-44H,1-2H2/b24-4-. The second-order valence-electron chi connectivity index (χ2n) is 19.0. The normalized spacial score (nSPS) is 13.3. The third-order valence-corrected chi connectivity index (χ3v) is 14.7. The molecule has 14 rings (SSSR count). The van der Waals surface area contributed by atoms with Gasteiger partial charge in [-0.1, -0.05) is 159 Å². The summed E-state index contributed by atoms with van der Waals surface area (Å²) in [5.41, 5.74) is 20.2. The highest BCUT2D eigenvalue weighted by Crippen LogP contribution is 2.50. The van der Waals surface area contributed by atoms with Crippen molar-refractivity contribution in [3.63, 3.8) is 0 Å². The van der Waals surface area contributed by atoms with Crippen molar-refractivity contribution < 1.29 is 9.47 Å². The largest absolute Gasteiger partial charge is 0.458 e. The second kappa shape index (κ2) is 17.6. The summed E-state index contributed by atoms with van der Waals surface area (Å²) in [5, 5.41) is 0. The first kappa shape index (κ1) is 43.2. The molecule has 0 saturated heterocycles. The number of para-hydroxylation sites is 7. The molecule has 8 heteroatoms. The van der Waals surface area contributed by atoms with Crippen LogP contribution in [-0.2, 0) is 0 Å². The van der Waals surface area contributed by atoms with Crippen LogP contribution in [0.15, 0.2) is 274 Å². The minimum atomic E-state index is -0.151. The zero-order chi connectivity index (χ0) is 49.3. The van der Waals surface area contributed by atoms with Gasteiger partial charge < -0.3 is 29.1 Å². The minimum Gasteiger partial charge on any atom is -0.458 e. The quantitative estimate of drug-likeness (QED) is 0.0771. The molecule has 6 nitrogen and oxygen atoms in total. The Morgan fingerprint density at radius 2 is 0.716 bits per heavy atom. The number of ether oxygens (including phenoxy) is 2. The Morgan fingerprint density at radius 1 is 0.351 bits per heavy atom. The molecule has 0 spiro atoms. The number of rotatable bonds is 10. The zero-order valence-electron chi connectivity index (χ0n) is 40.4. The molecular weight excluding hydrogens is 902 g/mol. The van der Waals surface area contributed by atoms with E-state index in [1.54, 1.807) is 6.08 Å². The highest BCUT2D eigenvalue weighted by atomic mass is 16.5. The minimum absolute atomic E-state index is 0.140. The van der Waals surface area contributed by atoms with Crippen LogP contribution in [0, 0.1) is 0 Å². The fraction of sp³-hybridized carbons (Fsp3) is 0. The van der Waals surface area contributed by atoms with Crippen molar-refractivity contribution in [1.29, 1.82) is 0 Å². The first-order valence-corrected chi connectivity index (χ1v) is 25.1. The predicted molar refractivity (Wildman–Crippen MR) is 310 cm³/mol. The highest BCUT2D eigenvalue weighted by molar-refractivity contribution is 7.03. The summed E-state index contributed by atoms with van der Waals surface area (Å²) in [6, 6.07) is 84.8. The molecule has 10 aromatic carbocycles. The van der Waals surface area contributed by atoms with Crippen LogP contribution < -0.4 is 61.9 Å². The van der Waals surface area contributed by atoms with Gasteiger partial charge in [0.15, 0.2) is 0 Å². The van der Waals surface area contributed by atoms with E-state index in [4.69, 9.17) is 9.47 Å². The van der Waals surface area contributed by atoms with Crippen LogP contribution >= 0.6 is 0 Å². The molecule has 0 radical (unpaired) electrons. The lowest BCUT2D eigenvalue weighted by Gasteiger charge is -2.47. The molecule has 0 fully saturated rings. The molecule has 0 atom stereocenters. The molecule has 0 aliphatic carbocycles. The summed E-state index contributed by atoms with van der Waals surface area (Å²) in [7, 11) is 0. The van der Waals surface area contributed by atoms with Crippen LogP contribution in [0.3, 0.4) is 0 Å². The molecule has 0 amide bonds. The van der Waals surface area contributed by atoms with Gasteiger partial charge in [-0.25, -0.2) is 0 Å². The molecule has 0 unspecified atom stereocenters. The topological polar surface area (TPSA) is 31.4 Å². The number of benzene rings is 10. The number of hydrogen-bond acceptors (Lipinski definition) is 6. The van der Waals surface area contributed by atoms with Gasteiger partial charge in [-0.2, -0.15) is 0 Å². The summed E-state index contributed by atoms with van der Waals surface area (Å²) in [5.74, 6) is 2.71. The van der Waals surface area contributed by atoms with E-state index in [0.29, 0.717) is 11.5 Å². The number of allylic oxidation sites excluding steroid dienone is 3. The van der Waals surface area contributed by atoms with Crippen LogP contribution in [0.5, 0.6) is 17.2 Å². The zero-order valence-corrected chi connectivity index (χ0v) is 40.4. The molecule has 348 valence electrons. The first-order valence-electron chi connectivity index (χ1n) is 25.1. The van der Waals surface area contributed by atoms with Crippen molar-refractivity contribution in [2.45, 2.75) is 0 Å². The number of hydrogen-bond donors (Lipinski definition) is 0. The van der Waals surface area contributed by atoms with Crippen molar-refractivity contribution >= 4 is 114 Å². The molecule has 0 saturated carbocycles. The fourth-order valence-electron chi connectivity index (χ4n) is 11.9. The van der Waals surface area contributed by atoms with Gasteiger partial charge in [0.25, 0.3) is 13.4 Å². The lowest BCUT2D eigenvalue weighted by molar-refractivity contribution is 0.447. The molecule has 74 heavy (non-hydrogen) atoms. The Kier molecular flexibility index (Phi) is 10.3. The summed E-state index contributed by atoms with van der Waals surface area (Å²) in [4.78, 5) is 9.73. The first-order chi connectivity index (χ1) is 36.6. The number of fused-ring (bicyclic) bond motifs is 8. The van der Waals surface area contributed by atoms with E-state index in [1.165, 1.54) is 32.8 Å². The van der Waals surface area contributed by atoms with Crippen LogP contribution in [0.25, 0.3) is 0 Å². The van der Waals surface area contributed by atoms with Crippen molar-refractivity contribution in [2.75, 3.05) is 19.6 Å². The smallest absolute Gasteiger partial charge is 0.252 e. The summed E-state index contributed by atoms with van der Waals surface area (Å²) in [6.45, 7) is 7.91. The highest BCUT2D eigenvalue weighted by Gasteiger charge is 2.48. The molecule has 4 heterocycles. The van der Waals surface area contributed by atoms with Crippen LogP contribution in [0.2, 0.25) is 0 Å². The summed E-state index contributed by atoms with van der Waals surface area (Å²) >= 11 is 0. The Morgan fingerprint density at radius 3 is 1.14 bits per heavy atom. The maximum Gasteiger partial charge on any atom is 0.252 e. The van der Waals surface area contributed by atoms with Gasteiger partial charge in [-0.05, 0) is 118 Å². The van der Waals surface area contributed by atoms with Gasteiger partial charge in [-0.15, -0.1) is 0 Å². The third-order valence-electron chi connectivity index (χ3n) is 14.7. The van der Waals surface area contributed by atoms with E-state index in [1.807, 2.05) is 42.5 Å².